The number of carbonyl (C=O) groups is 2. The van der Waals surface area contributed by atoms with Gasteiger partial charge in [-0.15, -0.1) is 0 Å². The first-order chi connectivity index (χ1) is 12.6. The highest BCUT2D eigenvalue weighted by Crippen LogP contribution is 2.25. The van der Waals surface area contributed by atoms with E-state index >= 15 is 0 Å². The van der Waals surface area contributed by atoms with Crippen LogP contribution < -0.4 is 16.2 Å². The molecule has 136 valence electrons. The second-order valence-corrected chi connectivity index (χ2v) is 6.07. The number of ether oxygens (including phenoxy) is 1. The van der Waals surface area contributed by atoms with Crippen molar-refractivity contribution in [2.45, 2.75) is 12.6 Å². The molecule has 2 unspecified atom stereocenters. The van der Waals surface area contributed by atoms with Crippen LogP contribution in [0.25, 0.3) is 0 Å². The number of methoxy groups -OCH3 is 1. The fourth-order valence-corrected chi connectivity index (χ4v) is 2.92. The van der Waals surface area contributed by atoms with E-state index in [1.165, 1.54) is 19.2 Å². The molecule has 1 fully saturated rings. The Morgan fingerprint density at radius 3 is 2.50 bits per heavy atom. The van der Waals surface area contributed by atoms with E-state index in [9.17, 15) is 14.0 Å². The number of rotatable bonds is 5. The number of esters is 1. The molecule has 2 aromatic rings. The molecule has 2 atom stereocenters. The van der Waals surface area contributed by atoms with Crippen LogP contribution in [0.15, 0.2) is 48.5 Å². The van der Waals surface area contributed by atoms with E-state index in [1.807, 2.05) is 0 Å². The highest BCUT2D eigenvalue weighted by molar-refractivity contribution is 5.89. The van der Waals surface area contributed by atoms with E-state index in [0.29, 0.717) is 18.7 Å². The van der Waals surface area contributed by atoms with Crippen molar-refractivity contribution in [2.24, 2.45) is 5.92 Å². The zero-order valence-corrected chi connectivity index (χ0v) is 14.3. The van der Waals surface area contributed by atoms with Crippen molar-refractivity contribution in [3.8, 4) is 0 Å². The molecule has 1 heterocycles. The smallest absolute Gasteiger partial charge is 0.337 e. The quantitative estimate of drug-likeness (QED) is 0.710. The fraction of sp³-hybridized carbons (Fsp3) is 0.263. The summed E-state index contributed by atoms with van der Waals surface area (Å²) in [5, 5.41) is 2.91. The molecule has 1 aliphatic heterocycles. The summed E-state index contributed by atoms with van der Waals surface area (Å²) >= 11 is 0. The van der Waals surface area contributed by atoms with Gasteiger partial charge in [-0.25, -0.2) is 14.6 Å². The Morgan fingerprint density at radius 1 is 1.15 bits per heavy atom. The van der Waals surface area contributed by atoms with Crippen LogP contribution in [0.3, 0.4) is 0 Å². The van der Waals surface area contributed by atoms with E-state index in [2.05, 4.69) is 20.9 Å². The number of amides is 1. The number of carbonyl (C=O) groups excluding carboxylic acids is 2. The number of hydrazine groups is 1. The monoisotopic (exact) mass is 357 g/mol. The van der Waals surface area contributed by atoms with E-state index in [0.717, 1.165) is 11.1 Å². The molecule has 1 aliphatic rings. The van der Waals surface area contributed by atoms with Crippen molar-refractivity contribution in [3.63, 3.8) is 0 Å². The van der Waals surface area contributed by atoms with Crippen LogP contribution in [-0.4, -0.2) is 25.5 Å². The molecular weight excluding hydrogens is 337 g/mol. The highest BCUT2D eigenvalue weighted by Gasteiger charge is 2.33. The SMILES string of the molecule is COC(=O)c1ccc(CNC(=O)C2CNNC2c2ccc(F)cc2)cc1. The van der Waals surface area contributed by atoms with Crippen LogP contribution in [0.4, 0.5) is 4.39 Å². The summed E-state index contributed by atoms with van der Waals surface area (Å²) in [6, 6.07) is 12.8. The summed E-state index contributed by atoms with van der Waals surface area (Å²) < 4.78 is 17.8. The van der Waals surface area contributed by atoms with Gasteiger partial charge >= 0.3 is 5.97 Å². The molecule has 0 aliphatic carbocycles. The lowest BCUT2D eigenvalue weighted by Crippen LogP contribution is -2.34. The Balaban J connectivity index is 1.60. The van der Waals surface area contributed by atoms with Crippen LogP contribution in [0.2, 0.25) is 0 Å². The van der Waals surface area contributed by atoms with Crippen LogP contribution in [0.5, 0.6) is 0 Å². The molecule has 0 bridgehead atoms. The van der Waals surface area contributed by atoms with Gasteiger partial charge in [0.05, 0.1) is 24.6 Å². The Bertz CT molecular complexity index is 778. The van der Waals surface area contributed by atoms with E-state index < -0.39 is 5.97 Å². The lowest BCUT2D eigenvalue weighted by molar-refractivity contribution is -0.125. The van der Waals surface area contributed by atoms with Gasteiger partial charge in [-0.2, -0.15) is 0 Å². The largest absolute Gasteiger partial charge is 0.465 e. The Kier molecular flexibility index (Phi) is 5.60. The van der Waals surface area contributed by atoms with Gasteiger partial charge in [0.1, 0.15) is 5.82 Å². The highest BCUT2D eigenvalue weighted by atomic mass is 19.1. The van der Waals surface area contributed by atoms with Crippen LogP contribution >= 0.6 is 0 Å². The molecule has 0 spiro atoms. The Hall–Kier alpha value is -2.77. The minimum Gasteiger partial charge on any atom is -0.465 e. The zero-order chi connectivity index (χ0) is 18.5. The number of hydrogen-bond donors (Lipinski definition) is 3. The van der Waals surface area contributed by atoms with Crippen molar-refractivity contribution in [2.75, 3.05) is 13.7 Å². The van der Waals surface area contributed by atoms with Crippen molar-refractivity contribution < 1.29 is 18.7 Å². The lowest BCUT2D eigenvalue weighted by Gasteiger charge is -2.18. The average Bonchev–Trinajstić information content (AvgIpc) is 3.16. The second-order valence-electron chi connectivity index (χ2n) is 6.07. The molecule has 6 nitrogen and oxygen atoms in total. The summed E-state index contributed by atoms with van der Waals surface area (Å²) in [6.07, 6.45) is 0. The van der Waals surface area contributed by atoms with Crippen LogP contribution in [-0.2, 0) is 16.1 Å². The van der Waals surface area contributed by atoms with Gasteiger partial charge in [0.15, 0.2) is 0 Å². The fourth-order valence-electron chi connectivity index (χ4n) is 2.92. The Labute approximate surface area is 150 Å². The summed E-state index contributed by atoms with van der Waals surface area (Å²) in [6.45, 7) is 0.835. The van der Waals surface area contributed by atoms with Crippen molar-refractivity contribution in [3.05, 3.63) is 71.0 Å². The molecule has 2 aromatic carbocycles. The predicted molar refractivity (Wildman–Crippen MR) is 93.4 cm³/mol. The molecule has 0 radical (unpaired) electrons. The van der Waals surface area contributed by atoms with Gasteiger partial charge in [-0.05, 0) is 35.4 Å². The molecular formula is C19H20FN3O3. The summed E-state index contributed by atoms with van der Waals surface area (Å²) in [7, 11) is 1.33. The maximum atomic E-state index is 13.1. The van der Waals surface area contributed by atoms with Gasteiger partial charge in [-0.1, -0.05) is 24.3 Å². The molecule has 3 N–H and O–H groups in total. The lowest BCUT2D eigenvalue weighted by atomic mass is 9.94. The molecule has 0 aromatic heterocycles. The van der Waals surface area contributed by atoms with Gasteiger partial charge < -0.3 is 10.1 Å². The molecule has 3 rings (SSSR count). The van der Waals surface area contributed by atoms with Crippen LogP contribution in [0.1, 0.15) is 27.5 Å². The second kappa shape index (κ2) is 8.07. The normalized spacial score (nSPS) is 19.2. The summed E-state index contributed by atoms with van der Waals surface area (Å²) in [5.41, 5.74) is 8.23. The van der Waals surface area contributed by atoms with Gasteiger partial charge in [0.2, 0.25) is 5.91 Å². The first-order valence-electron chi connectivity index (χ1n) is 8.27. The molecule has 1 amide bonds. The standard InChI is InChI=1S/C19H20FN3O3/c1-26-19(25)14-4-2-12(3-5-14)10-21-18(24)16-11-22-23-17(16)13-6-8-15(20)9-7-13/h2-9,16-17,22-23H,10-11H2,1H3,(H,21,24). The average molecular weight is 357 g/mol. The Morgan fingerprint density at radius 2 is 1.85 bits per heavy atom. The minimum absolute atomic E-state index is 0.103. The van der Waals surface area contributed by atoms with E-state index in [4.69, 9.17) is 0 Å². The van der Waals surface area contributed by atoms with Gasteiger partial charge in [0.25, 0.3) is 0 Å². The molecule has 26 heavy (non-hydrogen) atoms. The van der Waals surface area contributed by atoms with E-state index in [1.54, 1.807) is 36.4 Å². The zero-order valence-electron chi connectivity index (χ0n) is 14.3. The first-order valence-corrected chi connectivity index (χ1v) is 8.27. The van der Waals surface area contributed by atoms with Crippen LogP contribution in [0, 0.1) is 11.7 Å². The van der Waals surface area contributed by atoms with E-state index in [-0.39, 0.29) is 23.7 Å². The third kappa shape index (κ3) is 4.07. The summed E-state index contributed by atoms with van der Waals surface area (Å²) in [4.78, 5) is 24.0. The maximum Gasteiger partial charge on any atom is 0.337 e. The molecule has 0 saturated carbocycles. The van der Waals surface area contributed by atoms with Crippen molar-refractivity contribution in [1.29, 1.82) is 0 Å². The third-order valence-electron chi connectivity index (χ3n) is 4.39. The minimum atomic E-state index is -0.397. The third-order valence-corrected chi connectivity index (χ3v) is 4.39. The van der Waals surface area contributed by atoms with Gasteiger partial charge in [-0.3, -0.25) is 10.2 Å². The van der Waals surface area contributed by atoms with Crippen molar-refractivity contribution in [1.82, 2.24) is 16.2 Å². The predicted octanol–water partition coefficient (Wildman–Crippen LogP) is 1.69. The number of hydrogen-bond acceptors (Lipinski definition) is 5. The molecule has 7 heteroatoms. The van der Waals surface area contributed by atoms with Gasteiger partial charge in [0, 0.05) is 13.1 Å². The number of halogens is 1. The molecule has 1 saturated heterocycles. The topological polar surface area (TPSA) is 79.5 Å². The number of nitrogens with one attached hydrogen (secondary N) is 3. The number of benzene rings is 2. The summed E-state index contributed by atoms with van der Waals surface area (Å²) in [5.74, 6) is -1.12. The first kappa shape index (κ1) is 18.0. The van der Waals surface area contributed by atoms with Crippen molar-refractivity contribution >= 4 is 11.9 Å². The maximum absolute atomic E-state index is 13.1.